The minimum absolute atomic E-state index is 0.0860. The van der Waals surface area contributed by atoms with Crippen molar-refractivity contribution in [2.24, 2.45) is 23.5 Å². The second-order valence-electron chi connectivity index (χ2n) is 7.28. The number of carbonyl (C=O) groups is 2. The van der Waals surface area contributed by atoms with Crippen LogP contribution in [0.15, 0.2) is 48.5 Å². The van der Waals surface area contributed by atoms with Crippen LogP contribution in [0.5, 0.6) is 11.5 Å². The van der Waals surface area contributed by atoms with Gasteiger partial charge in [0.05, 0.1) is 5.92 Å². The van der Waals surface area contributed by atoms with E-state index in [0.717, 1.165) is 22.6 Å². The van der Waals surface area contributed by atoms with Crippen LogP contribution < -0.4 is 10.5 Å². The van der Waals surface area contributed by atoms with Crippen molar-refractivity contribution in [3.63, 3.8) is 0 Å². The van der Waals surface area contributed by atoms with Crippen LogP contribution >= 0.6 is 0 Å². The van der Waals surface area contributed by atoms with Crippen LogP contribution in [-0.2, 0) is 9.59 Å². The zero-order valence-electron chi connectivity index (χ0n) is 14.6. The molecule has 1 heterocycles. The average Bonchev–Trinajstić information content (AvgIpc) is 3.38. The number of ether oxygens (including phenoxy) is 1. The van der Waals surface area contributed by atoms with Crippen molar-refractivity contribution < 1.29 is 24.5 Å². The Balaban J connectivity index is 1.57. The molecule has 1 aliphatic carbocycles. The summed E-state index contributed by atoms with van der Waals surface area (Å²) in [4.78, 5) is 22.7. The number of rotatable bonds is 6. The summed E-state index contributed by atoms with van der Waals surface area (Å²) < 4.78 is 5.99. The summed E-state index contributed by atoms with van der Waals surface area (Å²) in [5.41, 5.74) is 7.86. The molecule has 2 aromatic rings. The third kappa shape index (κ3) is 3.06. The molecule has 140 valence electrons. The van der Waals surface area contributed by atoms with Gasteiger partial charge in [0.15, 0.2) is 0 Å². The van der Waals surface area contributed by atoms with E-state index in [1.807, 2.05) is 48.5 Å². The summed E-state index contributed by atoms with van der Waals surface area (Å²) in [5, 5.41) is 18.6. The molecule has 0 radical (unpaired) electrons. The molecule has 6 heteroatoms. The second-order valence-corrected chi connectivity index (χ2v) is 7.28. The Morgan fingerprint density at radius 3 is 2.04 bits per heavy atom. The minimum Gasteiger partial charge on any atom is -0.481 e. The number of nitrogens with two attached hydrogens (primary N) is 1. The van der Waals surface area contributed by atoms with Gasteiger partial charge in [0.1, 0.15) is 17.5 Å². The summed E-state index contributed by atoms with van der Waals surface area (Å²) in [7, 11) is 0. The Hall–Kier alpha value is -2.86. The predicted octanol–water partition coefficient (Wildman–Crippen LogP) is 3.06. The van der Waals surface area contributed by atoms with Gasteiger partial charge in [-0.15, -0.1) is 0 Å². The lowest BCUT2D eigenvalue weighted by Crippen LogP contribution is -2.34. The van der Waals surface area contributed by atoms with Gasteiger partial charge in [-0.05, 0) is 30.9 Å². The topological polar surface area (TPSA) is 110 Å². The zero-order chi connectivity index (χ0) is 19.1. The standard InChI is InChI=1S/C21H21NO5/c22-19(21(25)26)17-14(18(17)20(23)24)10-9-11-12-5-1-3-7-15(12)27-16-8-4-2-6-13(11)16/h1-8,11,14,17-19H,9-10,22H2,(H,23,24)(H,25,26)/t14-,17+,18+,19-/m1/s1. The molecule has 4 N–H and O–H groups in total. The van der Waals surface area contributed by atoms with Gasteiger partial charge in [0.25, 0.3) is 0 Å². The molecule has 1 aliphatic heterocycles. The van der Waals surface area contributed by atoms with Gasteiger partial charge in [0, 0.05) is 23.0 Å². The van der Waals surface area contributed by atoms with Gasteiger partial charge < -0.3 is 20.7 Å². The number of para-hydroxylation sites is 2. The first-order chi connectivity index (χ1) is 13.0. The third-order valence-electron chi connectivity index (χ3n) is 5.81. The minimum atomic E-state index is -1.14. The smallest absolute Gasteiger partial charge is 0.320 e. The first kappa shape index (κ1) is 17.5. The van der Waals surface area contributed by atoms with Crippen molar-refractivity contribution >= 4 is 11.9 Å². The molecule has 4 atom stereocenters. The highest BCUT2D eigenvalue weighted by Crippen LogP contribution is 2.54. The summed E-state index contributed by atoms with van der Waals surface area (Å²) in [5.74, 6) is -1.80. The number of aliphatic carboxylic acids is 2. The second kappa shape index (κ2) is 6.70. The van der Waals surface area contributed by atoms with E-state index in [4.69, 9.17) is 15.6 Å². The molecule has 0 saturated heterocycles. The molecular formula is C21H21NO5. The molecule has 27 heavy (non-hydrogen) atoms. The number of carboxylic acid groups (broad SMARTS) is 2. The van der Waals surface area contributed by atoms with E-state index in [-0.39, 0.29) is 11.8 Å². The van der Waals surface area contributed by atoms with Gasteiger partial charge >= 0.3 is 11.9 Å². The van der Waals surface area contributed by atoms with Crippen LogP contribution in [0.3, 0.4) is 0 Å². The Morgan fingerprint density at radius 2 is 1.52 bits per heavy atom. The van der Waals surface area contributed by atoms with Crippen molar-refractivity contribution in [1.29, 1.82) is 0 Å². The normalized spacial score (nSPS) is 24.3. The first-order valence-electron chi connectivity index (χ1n) is 9.06. The van der Waals surface area contributed by atoms with Crippen LogP contribution in [-0.4, -0.2) is 28.2 Å². The molecule has 0 aromatic heterocycles. The zero-order valence-corrected chi connectivity index (χ0v) is 14.6. The molecule has 6 nitrogen and oxygen atoms in total. The highest BCUT2D eigenvalue weighted by Gasteiger charge is 2.59. The van der Waals surface area contributed by atoms with Crippen LogP contribution in [0.2, 0.25) is 0 Å². The molecule has 4 rings (SSSR count). The predicted molar refractivity (Wildman–Crippen MR) is 97.8 cm³/mol. The summed E-state index contributed by atoms with van der Waals surface area (Å²) in [6.45, 7) is 0. The van der Waals surface area contributed by atoms with Crippen LogP contribution in [0.1, 0.15) is 29.9 Å². The van der Waals surface area contributed by atoms with E-state index in [1.165, 1.54) is 0 Å². The molecule has 0 unspecified atom stereocenters. The molecular weight excluding hydrogens is 346 g/mol. The number of hydrogen-bond donors (Lipinski definition) is 3. The van der Waals surface area contributed by atoms with Crippen molar-refractivity contribution in [2.45, 2.75) is 24.8 Å². The molecule has 0 amide bonds. The van der Waals surface area contributed by atoms with E-state index < -0.39 is 29.8 Å². The van der Waals surface area contributed by atoms with Gasteiger partial charge in [-0.3, -0.25) is 9.59 Å². The third-order valence-corrected chi connectivity index (χ3v) is 5.81. The Morgan fingerprint density at radius 1 is 0.963 bits per heavy atom. The number of carboxylic acids is 2. The van der Waals surface area contributed by atoms with Crippen LogP contribution in [0, 0.1) is 17.8 Å². The maximum absolute atomic E-state index is 11.5. The highest BCUT2D eigenvalue weighted by atomic mass is 16.5. The largest absolute Gasteiger partial charge is 0.481 e. The number of hydrogen-bond acceptors (Lipinski definition) is 4. The molecule has 1 saturated carbocycles. The van der Waals surface area contributed by atoms with Gasteiger partial charge in [-0.1, -0.05) is 36.4 Å². The fourth-order valence-corrected chi connectivity index (χ4v) is 4.45. The molecule has 2 aliphatic rings. The van der Waals surface area contributed by atoms with Gasteiger partial charge in [0.2, 0.25) is 0 Å². The SMILES string of the molecule is N[C@@H](C(=O)O)[C@H]1[C@@H](CCC2c3ccccc3Oc3ccccc32)[C@@H]1C(=O)O. The van der Waals surface area contributed by atoms with Crippen LogP contribution in [0.4, 0.5) is 0 Å². The monoisotopic (exact) mass is 367 g/mol. The van der Waals surface area contributed by atoms with Crippen molar-refractivity contribution in [1.82, 2.24) is 0 Å². The summed E-state index contributed by atoms with van der Waals surface area (Å²) in [6, 6.07) is 14.5. The Labute approximate surface area is 156 Å². The fraction of sp³-hybridized carbons (Fsp3) is 0.333. The van der Waals surface area contributed by atoms with Crippen molar-refractivity contribution in [3.8, 4) is 11.5 Å². The fourth-order valence-electron chi connectivity index (χ4n) is 4.45. The molecule has 0 spiro atoms. The maximum atomic E-state index is 11.5. The van der Waals surface area contributed by atoms with Gasteiger partial charge in [-0.2, -0.15) is 0 Å². The quantitative estimate of drug-likeness (QED) is 0.724. The average molecular weight is 367 g/mol. The molecule has 2 aromatic carbocycles. The van der Waals surface area contributed by atoms with Crippen LogP contribution in [0.25, 0.3) is 0 Å². The Kier molecular flexibility index (Phi) is 4.36. The van der Waals surface area contributed by atoms with Gasteiger partial charge in [-0.25, -0.2) is 0 Å². The summed E-state index contributed by atoms with van der Waals surface area (Å²) >= 11 is 0. The summed E-state index contributed by atoms with van der Waals surface area (Å²) in [6.07, 6.45) is 1.32. The highest BCUT2D eigenvalue weighted by molar-refractivity contribution is 5.80. The van der Waals surface area contributed by atoms with Crippen molar-refractivity contribution in [2.75, 3.05) is 0 Å². The van der Waals surface area contributed by atoms with Crippen molar-refractivity contribution in [3.05, 3.63) is 59.7 Å². The number of benzene rings is 2. The lowest BCUT2D eigenvalue weighted by atomic mass is 9.84. The maximum Gasteiger partial charge on any atom is 0.320 e. The van der Waals surface area contributed by atoms with E-state index in [1.54, 1.807) is 0 Å². The van der Waals surface area contributed by atoms with E-state index in [0.29, 0.717) is 12.8 Å². The lowest BCUT2D eigenvalue weighted by molar-refractivity contribution is -0.140. The van der Waals surface area contributed by atoms with E-state index >= 15 is 0 Å². The van der Waals surface area contributed by atoms with E-state index in [2.05, 4.69) is 0 Å². The lowest BCUT2D eigenvalue weighted by Gasteiger charge is -2.28. The first-order valence-corrected chi connectivity index (χ1v) is 9.06. The molecule has 1 fully saturated rings. The molecule has 0 bridgehead atoms. The Bertz CT molecular complexity index is 850. The van der Waals surface area contributed by atoms with E-state index in [9.17, 15) is 14.7 Å². The number of fused-ring (bicyclic) bond motifs is 2.